The van der Waals surface area contributed by atoms with Gasteiger partial charge in [0.05, 0.1) is 49.3 Å². The minimum atomic E-state index is -0.691. The van der Waals surface area contributed by atoms with Gasteiger partial charge < -0.3 is 24.6 Å². The summed E-state index contributed by atoms with van der Waals surface area (Å²) in [5.41, 5.74) is 4.42. The molecule has 356 valence electrons. The van der Waals surface area contributed by atoms with Crippen LogP contribution in [0.3, 0.4) is 0 Å². The quantitative estimate of drug-likeness (QED) is 0.106. The lowest BCUT2D eigenvalue weighted by atomic mass is 9.83. The van der Waals surface area contributed by atoms with E-state index in [0.29, 0.717) is 19.4 Å². The second-order valence-corrected chi connectivity index (χ2v) is 18.9. The average Bonchev–Trinajstić information content (AvgIpc) is 3.78. The fraction of sp³-hybridized carbons (Fsp3) is 0.667. The highest BCUT2D eigenvalue weighted by atomic mass is 16.6. The second kappa shape index (κ2) is 26.2. The molecule has 2 aliphatic heterocycles. The van der Waals surface area contributed by atoms with Crippen LogP contribution in [-0.2, 0) is 51.3 Å². The Morgan fingerprint density at radius 1 is 0.797 bits per heavy atom. The van der Waals surface area contributed by atoms with Gasteiger partial charge in [-0.25, -0.2) is 5.48 Å². The Bertz CT molecular complexity index is 1760. The molecule has 64 heavy (non-hydrogen) atoms. The van der Waals surface area contributed by atoms with Gasteiger partial charge in [-0.1, -0.05) is 116 Å². The Kier molecular flexibility index (Phi) is 21.6. The summed E-state index contributed by atoms with van der Waals surface area (Å²) in [6, 6.07) is 18.1. The Balaban J connectivity index is 1.47. The van der Waals surface area contributed by atoms with E-state index in [1.807, 2.05) is 86.3 Å². The molecule has 1 unspecified atom stereocenters. The number of methoxy groups -OCH3 is 2. The third-order valence-corrected chi connectivity index (χ3v) is 13.8. The van der Waals surface area contributed by atoms with Crippen molar-refractivity contribution < 1.29 is 38.3 Å². The molecular formula is C51H79N5O8. The number of carbonyl (C=O) groups is 5. The molecule has 2 N–H and O–H groups in total. The van der Waals surface area contributed by atoms with Gasteiger partial charge in [0.15, 0.2) is 5.78 Å². The number of ketones is 2. The van der Waals surface area contributed by atoms with Crippen LogP contribution in [-0.4, -0.2) is 128 Å². The molecule has 2 aromatic rings. The molecule has 0 bridgehead atoms. The van der Waals surface area contributed by atoms with Crippen LogP contribution in [0.2, 0.25) is 0 Å². The van der Waals surface area contributed by atoms with E-state index in [9.17, 15) is 24.0 Å². The number of likely N-dealkylation sites (tertiary alicyclic amines) is 1. The van der Waals surface area contributed by atoms with E-state index < -0.39 is 36.0 Å². The topological polar surface area (TPSA) is 147 Å². The molecule has 9 atom stereocenters. The van der Waals surface area contributed by atoms with Gasteiger partial charge in [0, 0.05) is 78.7 Å². The molecule has 2 aromatic carbocycles. The highest BCUT2D eigenvalue weighted by molar-refractivity contribution is 5.90. The van der Waals surface area contributed by atoms with Gasteiger partial charge in [-0.3, -0.25) is 33.7 Å². The van der Waals surface area contributed by atoms with Gasteiger partial charge in [0.2, 0.25) is 17.7 Å². The van der Waals surface area contributed by atoms with E-state index in [4.69, 9.17) is 14.3 Å². The number of piperazine rings is 1. The molecule has 2 fully saturated rings. The van der Waals surface area contributed by atoms with Crippen molar-refractivity contribution in [2.75, 3.05) is 54.0 Å². The highest BCUT2D eigenvalue weighted by Crippen LogP contribution is 2.32. The fourth-order valence-corrected chi connectivity index (χ4v) is 9.94. The first-order valence-corrected chi connectivity index (χ1v) is 23.7. The minimum absolute atomic E-state index is 0.0111. The summed E-state index contributed by atoms with van der Waals surface area (Å²) in [4.78, 5) is 82.3. The number of rotatable bonds is 26. The molecule has 4 rings (SSSR count). The normalized spacial score (nSPS) is 19.6. The van der Waals surface area contributed by atoms with Crippen molar-refractivity contribution in [2.24, 2.45) is 35.5 Å². The number of carbonyl (C=O) groups excluding carboxylic acids is 5. The van der Waals surface area contributed by atoms with Gasteiger partial charge in [-0.2, -0.15) is 0 Å². The van der Waals surface area contributed by atoms with E-state index in [1.54, 1.807) is 26.2 Å². The van der Waals surface area contributed by atoms with Crippen molar-refractivity contribution in [3.8, 4) is 0 Å². The Labute approximate surface area is 383 Å². The van der Waals surface area contributed by atoms with Crippen molar-refractivity contribution >= 4 is 29.3 Å². The maximum atomic E-state index is 14.6. The summed E-state index contributed by atoms with van der Waals surface area (Å²) in [5, 5.41) is 3.37. The zero-order valence-corrected chi connectivity index (χ0v) is 40.4. The summed E-state index contributed by atoms with van der Waals surface area (Å²) < 4.78 is 12.2. The van der Waals surface area contributed by atoms with Gasteiger partial charge in [0.1, 0.15) is 5.78 Å². The number of hydrogen-bond donors (Lipinski definition) is 2. The summed E-state index contributed by atoms with van der Waals surface area (Å²) in [6.45, 7) is 18.1. The van der Waals surface area contributed by atoms with Crippen LogP contribution in [0, 0.1) is 35.5 Å². The van der Waals surface area contributed by atoms with Crippen LogP contribution in [0.25, 0.3) is 0 Å². The first kappa shape index (κ1) is 52.6. The second-order valence-electron chi connectivity index (χ2n) is 18.9. The number of ether oxygens (including phenoxy) is 2. The van der Waals surface area contributed by atoms with E-state index in [1.165, 1.54) is 0 Å². The predicted octanol–water partition coefficient (Wildman–Crippen LogP) is 6.13. The van der Waals surface area contributed by atoms with Crippen molar-refractivity contribution in [1.29, 1.82) is 0 Å². The number of likely N-dealkylation sites (N-methyl/N-ethyl adjacent to an activating group) is 1. The van der Waals surface area contributed by atoms with Crippen molar-refractivity contribution in [3.05, 3.63) is 71.8 Å². The summed E-state index contributed by atoms with van der Waals surface area (Å²) in [6.07, 6.45) is 1.43. The zero-order chi connectivity index (χ0) is 46.9. The molecule has 0 spiro atoms. The maximum absolute atomic E-state index is 14.6. The lowest BCUT2D eigenvalue weighted by molar-refractivity contribution is -0.149. The van der Waals surface area contributed by atoms with Crippen LogP contribution in [0.5, 0.6) is 0 Å². The van der Waals surface area contributed by atoms with Gasteiger partial charge in [0.25, 0.3) is 0 Å². The third-order valence-electron chi connectivity index (χ3n) is 13.8. The molecule has 0 aliphatic carbocycles. The van der Waals surface area contributed by atoms with Gasteiger partial charge in [-0.05, 0) is 48.1 Å². The number of nitrogens with zero attached hydrogens (tertiary/aromatic N) is 3. The Morgan fingerprint density at radius 2 is 1.42 bits per heavy atom. The van der Waals surface area contributed by atoms with E-state index in [0.717, 1.165) is 50.1 Å². The van der Waals surface area contributed by atoms with Crippen LogP contribution in [0.1, 0.15) is 98.1 Å². The third kappa shape index (κ3) is 14.5. The smallest absolute Gasteiger partial charge is 0.247 e. The Morgan fingerprint density at radius 3 is 1.98 bits per heavy atom. The van der Waals surface area contributed by atoms with E-state index in [2.05, 4.69) is 43.4 Å². The molecule has 2 aliphatic rings. The first-order chi connectivity index (χ1) is 30.6. The van der Waals surface area contributed by atoms with Crippen molar-refractivity contribution in [1.82, 2.24) is 25.5 Å². The Hall–Kier alpha value is -4.01. The summed E-state index contributed by atoms with van der Waals surface area (Å²) >= 11 is 0. The van der Waals surface area contributed by atoms with Crippen molar-refractivity contribution in [3.63, 3.8) is 0 Å². The summed E-state index contributed by atoms with van der Waals surface area (Å²) in [5.74, 6) is -2.46. The largest absolute Gasteiger partial charge is 0.379 e. The molecule has 3 amide bonds. The molecule has 0 aromatic heterocycles. The number of hydrogen-bond acceptors (Lipinski definition) is 10. The van der Waals surface area contributed by atoms with Crippen molar-refractivity contribution in [2.45, 2.75) is 130 Å². The molecule has 13 nitrogen and oxygen atoms in total. The van der Waals surface area contributed by atoms with E-state index >= 15 is 0 Å². The molecule has 0 saturated carbocycles. The van der Waals surface area contributed by atoms with Crippen LogP contribution in [0.15, 0.2) is 60.7 Å². The van der Waals surface area contributed by atoms with Crippen LogP contribution >= 0.6 is 0 Å². The number of benzene rings is 2. The zero-order valence-electron chi connectivity index (χ0n) is 40.4. The standard InChI is InChI=1S/C51H79N5O8/c1-11-36(6)48(54(8)51(61)41(34(2)3)31-44(58)47(35(4)5)55-27-24-52-25-28-55)45(62-9)32-46(59)56-26-18-23-42(56)49(63-10)37(7)43(57)30-40(29-38-19-14-12-15-20-38)50(60)53-64-33-39-21-16-13-17-22-39/h12-17,19-22,34-37,40-42,45,47-49,52H,11,18,23-33H2,1-10H3,(H,53,60)/t36-,37-,40+,41-,42-,45?,47-,48-,49+/m0/s1. The first-order valence-electron chi connectivity index (χ1n) is 23.7. The molecule has 2 heterocycles. The van der Waals surface area contributed by atoms with Crippen LogP contribution < -0.4 is 10.8 Å². The molecule has 13 heteroatoms. The monoisotopic (exact) mass is 890 g/mol. The van der Waals surface area contributed by atoms with Gasteiger partial charge >= 0.3 is 0 Å². The lowest BCUT2D eigenvalue weighted by Gasteiger charge is -2.41. The molecular weight excluding hydrogens is 811 g/mol. The number of hydroxylamine groups is 1. The van der Waals surface area contributed by atoms with E-state index in [-0.39, 0.29) is 85.0 Å². The van der Waals surface area contributed by atoms with Gasteiger partial charge in [-0.15, -0.1) is 0 Å². The summed E-state index contributed by atoms with van der Waals surface area (Å²) in [7, 11) is 4.95. The highest BCUT2D eigenvalue weighted by Gasteiger charge is 2.44. The van der Waals surface area contributed by atoms with Crippen LogP contribution in [0.4, 0.5) is 0 Å². The lowest BCUT2D eigenvalue weighted by Crippen LogP contribution is -2.55. The number of amides is 3. The average molecular weight is 890 g/mol. The SMILES string of the molecule is CC[C@H](C)[C@@H](C(CC(=O)N1CCC[C@H]1[C@H](OC)[C@@H](C)C(=O)C[C@@H](Cc1ccccc1)C(=O)NOCc1ccccc1)OC)N(C)C(=O)[C@@H](CC(=O)[C@H](C(C)C)N1CCNCC1)C(C)C. The predicted molar refractivity (Wildman–Crippen MR) is 250 cm³/mol. The maximum Gasteiger partial charge on any atom is 0.247 e. The fourth-order valence-electron chi connectivity index (χ4n) is 9.94. The molecule has 0 radical (unpaired) electrons. The molecule has 2 saturated heterocycles. The number of nitrogens with one attached hydrogen (secondary N) is 2. The minimum Gasteiger partial charge on any atom is -0.379 e. The number of Topliss-reactive ketones (excluding diaryl/α,β-unsaturated/α-hetero) is 2.